The van der Waals surface area contributed by atoms with Gasteiger partial charge in [-0.1, -0.05) is 6.42 Å². The van der Waals surface area contributed by atoms with Gasteiger partial charge in [-0.05, 0) is 25.7 Å². The fraction of sp³-hybridized carbons (Fsp3) is 0.636. The fourth-order valence-electron chi connectivity index (χ4n) is 5.87. The molecule has 9 heteroatoms. The quantitative estimate of drug-likeness (QED) is 0.742. The van der Waals surface area contributed by atoms with Crippen molar-refractivity contribution in [2.45, 2.75) is 50.3 Å². The maximum absolute atomic E-state index is 15.1. The van der Waals surface area contributed by atoms with Crippen molar-refractivity contribution >= 4 is 35.1 Å². The molecular weight excluding hydrogens is 424 g/mol. The third-order valence-electron chi connectivity index (χ3n) is 7.95. The van der Waals surface area contributed by atoms with Crippen LogP contribution in [0.2, 0.25) is 0 Å². The minimum absolute atomic E-state index is 0. The van der Waals surface area contributed by atoms with Crippen molar-refractivity contribution < 1.29 is 24.5 Å². The average molecular weight is 452 g/mol. The first kappa shape index (κ1) is 19.6. The van der Waals surface area contributed by atoms with Crippen LogP contribution in [-0.2, 0) is 9.53 Å². The number of benzene rings is 1. The third-order valence-corrected chi connectivity index (χ3v) is 9.25. The number of nitrogens with one attached hydrogen (secondary N) is 1. The van der Waals surface area contributed by atoms with Gasteiger partial charge in [-0.25, -0.2) is 13.6 Å². The largest absolute Gasteiger partial charge is 0.442 e. The molecule has 2 saturated carbocycles. The Morgan fingerprint density at radius 3 is 2.68 bits per heavy atom. The van der Waals surface area contributed by atoms with Gasteiger partial charge in [0.15, 0.2) is 11.6 Å². The van der Waals surface area contributed by atoms with E-state index in [1.54, 1.807) is 0 Å². The summed E-state index contributed by atoms with van der Waals surface area (Å²) in [5.74, 6) is 0.748. The molecule has 5 aliphatic rings. The van der Waals surface area contributed by atoms with Crippen LogP contribution in [0.15, 0.2) is 12.1 Å². The molecule has 0 aromatic heterocycles. The minimum Gasteiger partial charge on any atom is -0.442 e. The van der Waals surface area contributed by atoms with Crippen molar-refractivity contribution in [3.63, 3.8) is 0 Å². The van der Waals surface area contributed by atoms with Crippen molar-refractivity contribution in [1.82, 2.24) is 5.32 Å². The zero-order chi connectivity index (χ0) is 21.3. The predicted octanol–water partition coefficient (Wildman–Crippen LogP) is 3.54. The van der Waals surface area contributed by atoms with Gasteiger partial charge in [-0.15, -0.1) is 0 Å². The summed E-state index contributed by atoms with van der Waals surface area (Å²) in [4.78, 5) is 27.5. The van der Waals surface area contributed by atoms with Gasteiger partial charge in [0.05, 0.1) is 18.8 Å². The molecule has 3 aliphatic heterocycles. The highest BCUT2D eigenvalue weighted by Gasteiger charge is 2.68. The topological polar surface area (TPSA) is 61.9 Å². The smallest absolute Gasteiger partial charge is 0.414 e. The number of amides is 2. The summed E-state index contributed by atoms with van der Waals surface area (Å²) in [6.45, 7) is 0.355. The number of carbonyl (C=O) groups excluding carboxylic acids is 2. The summed E-state index contributed by atoms with van der Waals surface area (Å²) in [6, 6.07) is 2.89. The van der Waals surface area contributed by atoms with E-state index in [2.05, 4.69) is 5.32 Å². The molecule has 1 N–H and O–H groups in total. The van der Waals surface area contributed by atoms with E-state index in [1.165, 1.54) is 17.0 Å². The summed E-state index contributed by atoms with van der Waals surface area (Å²) in [5, 5.41) is 2.82. The lowest BCUT2D eigenvalue weighted by atomic mass is 9.53. The molecule has 31 heavy (non-hydrogen) atoms. The van der Waals surface area contributed by atoms with Crippen LogP contribution < -0.4 is 15.1 Å². The first-order valence-electron chi connectivity index (χ1n) is 11.1. The van der Waals surface area contributed by atoms with Crippen LogP contribution >= 0.6 is 11.8 Å². The highest BCUT2D eigenvalue weighted by molar-refractivity contribution is 7.99. The lowest BCUT2D eigenvalue weighted by Crippen LogP contribution is -2.77. The maximum Gasteiger partial charge on any atom is 0.414 e. The lowest BCUT2D eigenvalue weighted by molar-refractivity contribution is -0.127. The first-order valence-corrected chi connectivity index (χ1v) is 12.2. The van der Waals surface area contributed by atoms with Crippen molar-refractivity contribution in [3.05, 3.63) is 23.8 Å². The fourth-order valence-corrected chi connectivity index (χ4v) is 7.61. The van der Waals surface area contributed by atoms with E-state index in [0.29, 0.717) is 0 Å². The Morgan fingerprint density at radius 1 is 1.26 bits per heavy atom. The highest BCUT2D eigenvalue weighted by Crippen LogP contribution is 2.64. The molecule has 3 heterocycles. The van der Waals surface area contributed by atoms with Crippen molar-refractivity contribution in [3.8, 4) is 0 Å². The molecule has 3 saturated heterocycles. The normalized spacial score (nSPS) is 33.7. The molecule has 168 valence electrons. The standard InChI is InChI=1S/C22H25F2N3O3S.H2/c23-15-6-13(26-9-14(30-21(26)29)8-25-20(28)12-2-1-3-12)7-16(24)19(15)27-17-4-5-22(17)11-31-10-18(22)27;/h6-7,12,14,17-18H,1-5,8-11H2,(H,25,28);1H/t14-,17?,18?,22?;/m0./s1. The number of carbonyl (C=O) groups is 2. The number of nitrogens with zero attached hydrogens (tertiary/aromatic N) is 2. The zero-order valence-electron chi connectivity index (χ0n) is 17.1. The maximum atomic E-state index is 15.1. The van der Waals surface area contributed by atoms with Gasteiger partial charge in [0, 0.05) is 48.5 Å². The van der Waals surface area contributed by atoms with Gasteiger partial charge < -0.3 is 15.0 Å². The molecule has 0 bridgehead atoms. The van der Waals surface area contributed by atoms with Crippen LogP contribution in [0.3, 0.4) is 0 Å². The van der Waals surface area contributed by atoms with Crippen molar-refractivity contribution in [2.24, 2.45) is 11.3 Å². The molecule has 4 atom stereocenters. The molecule has 2 aliphatic carbocycles. The Morgan fingerprint density at radius 2 is 2.03 bits per heavy atom. The summed E-state index contributed by atoms with van der Waals surface area (Å²) in [7, 11) is 0. The van der Waals surface area contributed by atoms with Gasteiger partial charge in [-0.2, -0.15) is 11.8 Å². The molecule has 6 nitrogen and oxygen atoms in total. The molecule has 1 aromatic rings. The van der Waals surface area contributed by atoms with Crippen LogP contribution in [0.1, 0.15) is 33.5 Å². The number of hydrogen-bond acceptors (Lipinski definition) is 5. The summed E-state index contributed by atoms with van der Waals surface area (Å²) in [6.07, 6.45) is 3.79. The Kier molecular flexibility index (Phi) is 4.43. The number of ether oxygens (including phenoxy) is 1. The Labute approximate surface area is 185 Å². The Bertz CT molecular complexity index is 941. The van der Waals surface area contributed by atoms with Crippen molar-refractivity contribution in [2.75, 3.05) is 34.4 Å². The van der Waals surface area contributed by atoms with Crippen LogP contribution in [0.4, 0.5) is 25.0 Å². The molecule has 0 radical (unpaired) electrons. The monoisotopic (exact) mass is 451 g/mol. The van der Waals surface area contributed by atoms with Crippen LogP contribution in [0.25, 0.3) is 0 Å². The summed E-state index contributed by atoms with van der Waals surface area (Å²) < 4.78 is 35.5. The summed E-state index contributed by atoms with van der Waals surface area (Å²) >= 11 is 1.87. The van der Waals surface area contributed by atoms with E-state index in [0.717, 1.165) is 43.6 Å². The Hall–Kier alpha value is -2.03. The number of rotatable bonds is 5. The molecule has 5 fully saturated rings. The zero-order valence-corrected chi connectivity index (χ0v) is 17.9. The number of halogens is 2. The van der Waals surface area contributed by atoms with Gasteiger partial charge in [0.25, 0.3) is 0 Å². The molecule has 3 unspecified atom stereocenters. The van der Waals surface area contributed by atoms with Gasteiger partial charge >= 0.3 is 6.09 Å². The number of hydrogen-bond donors (Lipinski definition) is 1. The van der Waals surface area contributed by atoms with E-state index < -0.39 is 23.8 Å². The number of piperidine rings is 1. The van der Waals surface area contributed by atoms with E-state index in [9.17, 15) is 9.59 Å². The van der Waals surface area contributed by atoms with E-state index in [4.69, 9.17) is 4.74 Å². The van der Waals surface area contributed by atoms with Gasteiger partial charge in [-0.3, -0.25) is 9.69 Å². The number of thioether (sulfide) groups is 1. The molecule has 6 rings (SSSR count). The highest BCUT2D eigenvalue weighted by atomic mass is 32.2. The second-order valence-corrected chi connectivity index (χ2v) is 10.5. The first-order chi connectivity index (χ1) is 15.0. The lowest BCUT2D eigenvalue weighted by Gasteiger charge is -2.68. The number of anilines is 2. The van der Waals surface area contributed by atoms with Crippen LogP contribution in [-0.4, -0.2) is 54.8 Å². The average Bonchev–Trinajstić information content (AvgIpc) is 3.26. The molecule has 2 amide bonds. The Balaban J connectivity index is 0.00000216. The number of cyclic esters (lactones) is 1. The second kappa shape index (κ2) is 6.98. The van der Waals surface area contributed by atoms with E-state index in [-0.39, 0.29) is 55.2 Å². The minimum atomic E-state index is -0.649. The van der Waals surface area contributed by atoms with Crippen LogP contribution in [0.5, 0.6) is 0 Å². The van der Waals surface area contributed by atoms with E-state index >= 15 is 8.78 Å². The van der Waals surface area contributed by atoms with Crippen LogP contribution in [0, 0.1) is 23.0 Å². The van der Waals surface area contributed by atoms with Gasteiger partial charge in [0.2, 0.25) is 5.91 Å². The molecule has 1 aromatic carbocycles. The molecular formula is C22H27F2N3O3S. The third kappa shape index (κ3) is 2.81. The van der Waals surface area contributed by atoms with Crippen molar-refractivity contribution in [1.29, 1.82) is 0 Å². The predicted molar refractivity (Wildman–Crippen MR) is 115 cm³/mol. The van der Waals surface area contributed by atoms with E-state index in [1.807, 2.05) is 16.7 Å². The molecule has 1 spiro atoms. The SMILES string of the molecule is O=C(NC[C@H]1CN(c2cc(F)c(N3C4CCC45CSCC35)c(F)c2)C(=O)O1)C1CCC1.[HH]. The van der Waals surface area contributed by atoms with Gasteiger partial charge in [0.1, 0.15) is 11.8 Å². The second-order valence-electron chi connectivity index (χ2n) is 9.47. The summed E-state index contributed by atoms with van der Waals surface area (Å²) in [5.41, 5.74) is 0.434.